The molecule has 0 aliphatic rings. The Morgan fingerprint density at radius 1 is 1.61 bits per heavy atom. The Morgan fingerprint density at radius 3 is 2.94 bits per heavy atom. The van der Waals surface area contributed by atoms with E-state index in [1.54, 1.807) is 18.0 Å². The van der Waals surface area contributed by atoms with E-state index in [1.807, 2.05) is 13.8 Å². The van der Waals surface area contributed by atoms with E-state index in [9.17, 15) is 4.79 Å². The number of carbonyl (C=O) groups is 1. The smallest absolute Gasteiger partial charge is 0.317 e. The molecule has 0 bridgehead atoms. The molecule has 1 aromatic rings. The van der Waals surface area contributed by atoms with E-state index >= 15 is 0 Å². The summed E-state index contributed by atoms with van der Waals surface area (Å²) < 4.78 is 10.2. The Kier molecular flexibility index (Phi) is 6.21. The lowest BCUT2D eigenvalue weighted by molar-refractivity contribution is 0.0607. The van der Waals surface area contributed by atoms with Gasteiger partial charge >= 0.3 is 6.03 Å². The number of ether oxygens (including phenoxy) is 1. The maximum atomic E-state index is 11.8. The molecule has 0 spiro atoms. The lowest BCUT2D eigenvalue weighted by Crippen LogP contribution is -2.41. The molecular formula is C12H21N3O3. The second-order valence-electron chi connectivity index (χ2n) is 4.02. The molecule has 1 heterocycles. The Labute approximate surface area is 107 Å². The molecule has 1 rings (SSSR count). The van der Waals surface area contributed by atoms with E-state index in [0.717, 1.165) is 12.1 Å². The van der Waals surface area contributed by atoms with Gasteiger partial charge in [-0.05, 0) is 13.3 Å². The highest BCUT2D eigenvalue weighted by atomic mass is 16.5. The van der Waals surface area contributed by atoms with E-state index < -0.39 is 0 Å². The van der Waals surface area contributed by atoms with Crippen molar-refractivity contribution in [2.45, 2.75) is 32.9 Å². The summed E-state index contributed by atoms with van der Waals surface area (Å²) in [5, 5.41) is 6.59. The normalized spacial score (nSPS) is 12.2. The second kappa shape index (κ2) is 7.71. The zero-order chi connectivity index (χ0) is 13.4. The molecule has 0 radical (unpaired) electrons. The summed E-state index contributed by atoms with van der Waals surface area (Å²) in [5.74, 6) is 0. The standard InChI is InChI=1S/C12H21N3O3/c1-4-11(17-5-2)8-13-12(16)15(3)9-10-6-7-18-14-10/h6-7,11H,4-5,8-9H2,1-3H3,(H,13,16). The molecule has 1 atom stereocenters. The van der Waals surface area contributed by atoms with Crippen molar-refractivity contribution in [1.29, 1.82) is 0 Å². The maximum Gasteiger partial charge on any atom is 0.317 e. The highest BCUT2D eigenvalue weighted by molar-refractivity contribution is 5.73. The lowest BCUT2D eigenvalue weighted by atomic mass is 10.3. The fourth-order valence-corrected chi connectivity index (χ4v) is 1.53. The van der Waals surface area contributed by atoms with Crippen molar-refractivity contribution in [2.75, 3.05) is 20.2 Å². The van der Waals surface area contributed by atoms with Gasteiger partial charge in [-0.1, -0.05) is 12.1 Å². The quantitative estimate of drug-likeness (QED) is 0.804. The van der Waals surface area contributed by atoms with Gasteiger partial charge in [-0.2, -0.15) is 0 Å². The Balaban J connectivity index is 2.31. The van der Waals surface area contributed by atoms with E-state index in [2.05, 4.69) is 10.5 Å². The summed E-state index contributed by atoms with van der Waals surface area (Å²) in [6.45, 7) is 5.58. The van der Waals surface area contributed by atoms with Gasteiger partial charge in [-0.25, -0.2) is 4.79 Å². The number of carbonyl (C=O) groups excluding carboxylic acids is 1. The third-order valence-electron chi connectivity index (χ3n) is 2.58. The van der Waals surface area contributed by atoms with Crippen LogP contribution < -0.4 is 5.32 Å². The van der Waals surface area contributed by atoms with Crippen LogP contribution in [0.5, 0.6) is 0 Å². The molecule has 0 aliphatic carbocycles. The van der Waals surface area contributed by atoms with Gasteiger partial charge in [-0.15, -0.1) is 0 Å². The van der Waals surface area contributed by atoms with Crippen molar-refractivity contribution in [3.63, 3.8) is 0 Å². The Hall–Kier alpha value is -1.56. The van der Waals surface area contributed by atoms with Crippen molar-refractivity contribution in [1.82, 2.24) is 15.4 Å². The van der Waals surface area contributed by atoms with Crippen LogP contribution in [0.25, 0.3) is 0 Å². The van der Waals surface area contributed by atoms with Gasteiger partial charge in [0, 0.05) is 26.3 Å². The highest BCUT2D eigenvalue weighted by Crippen LogP contribution is 2.00. The van der Waals surface area contributed by atoms with Crippen molar-refractivity contribution in [2.24, 2.45) is 0 Å². The fraction of sp³-hybridized carbons (Fsp3) is 0.667. The first kappa shape index (κ1) is 14.5. The number of hydrogen-bond acceptors (Lipinski definition) is 4. The van der Waals surface area contributed by atoms with Gasteiger partial charge in [0.15, 0.2) is 0 Å². The van der Waals surface area contributed by atoms with Gasteiger partial charge in [0.2, 0.25) is 0 Å². The average molecular weight is 255 g/mol. The first-order chi connectivity index (χ1) is 8.67. The minimum Gasteiger partial charge on any atom is -0.377 e. The molecule has 18 heavy (non-hydrogen) atoms. The Bertz CT molecular complexity index is 340. The molecule has 1 unspecified atom stereocenters. The lowest BCUT2D eigenvalue weighted by Gasteiger charge is -2.20. The number of aromatic nitrogens is 1. The predicted molar refractivity (Wildman–Crippen MR) is 67.1 cm³/mol. The largest absolute Gasteiger partial charge is 0.377 e. The number of urea groups is 1. The molecule has 0 fully saturated rings. The minimum atomic E-state index is -0.142. The third kappa shape index (κ3) is 4.75. The minimum absolute atomic E-state index is 0.0689. The first-order valence-corrected chi connectivity index (χ1v) is 6.17. The highest BCUT2D eigenvalue weighted by Gasteiger charge is 2.12. The second-order valence-corrected chi connectivity index (χ2v) is 4.02. The van der Waals surface area contributed by atoms with Crippen LogP contribution >= 0.6 is 0 Å². The van der Waals surface area contributed by atoms with Crippen LogP contribution in [0.4, 0.5) is 4.79 Å². The molecule has 6 heteroatoms. The summed E-state index contributed by atoms with van der Waals surface area (Å²) in [6, 6.07) is 1.59. The van der Waals surface area contributed by atoms with Crippen LogP contribution in [-0.4, -0.2) is 42.4 Å². The molecule has 1 N–H and O–H groups in total. The van der Waals surface area contributed by atoms with Gasteiger partial charge in [0.05, 0.1) is 12.6 Å². The number of amides is 2. The summed E-state index contributed by atoms with van der Waals surface area (Å²) in [6.07, 6.45) is 2.43. The molecule has 0 saturated heterocycles. The van der Waals surface area contributed by atoms with Crippen LogP contribution in [0.15, 0.2) is 16.9 Å². The number of nitrogens with one attached hydrogen (secondary N) is 1. The molecule has 2 amide bonds. The van der Waals surface area contributed by atoms with Crippen molar-refractivity contribution in [3.8, 4) is 0 Å². The van der Waals surface area contributed by atoms with Crippen LogP contribution in [0.3, 0.4) is 0 Å². The van der Waals surface area contributed by atoms with E-state index in [0.29, 0.717) is 19.7 Å². The maximum absolute atomic E-state index is 11.8. The van der Waals surface area contributed by atoms with Crippen molar-refractivity contribution in [3.05, 3.63) is 18.0 Å². The van der Waals surface area contributed by atoms with Crippen LogP contribution in [0, 0.1) is 0 Å². The number of hydrogen-bond donors (Lipinski definition) is 1. The zero-order valence-corrected chi connectivity index (χ0v) is 11.2. The first-order valence-electron chi connectivity index (χ1n) is 6.17. The third-order valence-corrected chi connectivity index (χ3v) is 2.58. The molecule has 6 nitrogen and oxygen atoms in total. The molecular weight excluding hydrogens is 234 g/mol. The summed E-state index contributed by atoms with van der Waals surface area (Å²) in [7, 11) is 1.71. The van der Waals surface area contributed by atoms with E-state index in [1.165, 1.54) is 6.26 Å². The Morgan fingerprint density at radius 2 is 2.39 bits per heavy atom. The summed E-state index contributed by atoms with van der Waals surface area (Å²) >= 11 is 0. The van der Waals surface area contributed by atoms with Crippen molar-refractivity contribution < 1.29 is 14.1 Å². The SMILES string of the molecule is CCOC(CC)CNC(=O)N(C)Cc1ccon1. The van der Waals surface area contributed by atoms with Gasteiger partial charge in [0.25, 0.3) is 0 Å². The topological polar surface area (TPSA) is 67.6 Å². The van der Waals surface area contributed by atoms with Gasteiger partial charge < -0.3 is 19.5 Å². The monoisotopic (exact) mass is 255 g/mol. The average Bonchev–Trinajstić information content (AvgIpc) is 2.86. The van der Waals surface area contributed by atoms with Gasteiger partial charge in [0.1, 0.15) is 12.0 Å². The zero-order valence-electron chi connectivity index (χ0n) is 11.2. The molecule has 0 aromatic carbocycles. The molecule has 0 aliphatic heterocycles. The molecule has 1 aromatic heterocycles. The number of rotatable bonds is 7. The fourth-order valence-electron chi connectivity index (χ4n) is 1.53. The molecule has 0 saturated carbocycles. The van der Waals surface area contributed by atoms with Gasteiger partial charge in [-0.3, -0.25) is 0 Å². The van der Waals surface area contributed by atoms with E-state index in [-0.39, 0.29) is 12.1 Å². The summed E-state index contributed by atoms with van der Waals surface area (Å²) in [5.41, 5.74) is 0.726. The van der Waals surface area contributed by atoms with Crippen LogP contribution in [0.2, 0.25) is 0 Å². The van der Waals surface area contributed by atoms with Crippen LogP contribution in [0.1, 0.15) is 26.0 Å². The number of nitrogens with zero attached hydrogens (tertiary/aromatic N) is 2. The van der Waals surface area contributed by atoms with E-state index in [4.69, 9.17) is 9.26 Å². The summed E-state index contributed by atoms with van der Waals surface area (Å²) in [4.78, 5) is 13.3. The van der Waals surface area contributed by atoms with Crippen LogP contribution in [-0.2, 0) is 11.3 Å². The predicted octanol–water partition coefficient (Wildman–Crippen LogP) is 1.63. The molecule has 102 valence electrons. The van der Waals surface area contributed by atoms with Crippen molar-refractivity contribution >= 4 is 6.03 Å².